The number of ether oxygens (including phenoxy) is 1. The molecule has 0 bridgehead atoms. The Balaban J connectivity index is 2.23. The first-order chi connectivity index (χ1) is 9.63. The molecule has 0 aliphatic carbocycles. The van der Waals surface area contributed by atoms with Gasteiger partial charge in [0.15, 0.2) is 5.78 Å². The van der Waals surface area contributed by atoms with E-state index in [-0.39, 0.29) is 5.78 Å². The maximum atomic E-state index is 11.6. The van der Waals surface area contributed by atoms with Crippen LogP contribution in [0.15, 0.2) is 42.5 Å². The van der Waals surface area contributed by atoms with E-state index < -0.39 is 0 Å². The zero-order valence-corrected chi connectivity index (χ0v) is 12.4. The lowest BCUT2D eigenvalue weighted by Gasteiger charge is -2.13. The van der Waals surface area contributed by atoms with Crippen molar-refractivity contribution in [3.05, 3.63) is 64.2 Å². The summed E-state index contributed by atoms with van der Waals surface area (Å²) in [6.07, 6.45) is 0.705. The van der Waals surface area contributed by atoms with E-state index in [2.05, 4.69) is 0 Å². The molecule has 0 heterocycles. The largest absolute Gasteiger partial charge is 0.487 e. The van der Waals surface area contributed by atoms with E-state index in [1.54, 1.807) is 19.1 Å². The normalized spacial score (nSPS) is 10.3. The Labute approximate surface area is 124 Å². The monoisotopic (exact) mass is 288 g/mol. The number of carbonyl (C=O) groups excluding carboxylic acids is 1. The third-order valence-electron chi connectivity index (χ3n) is 3.18. The summed E-state index contributed by atoms with van der Waals surface area (Å²) in [5.41, 5.74) is 2.60. The van der Waals surface area contributed by atoms with Gasteiger partial charge in [-0.15, -0.1) is 0 Å². The van der Waals surface area contributed by atoms with Gasteiger partial charge in [-0.1, -0.05) is 48.9 Å². The van der Waals surface area contributed by atoms with Crippen LogP contribution in [0.2, 0.25) is 5.02 Å². The van der Waals surface area contributed by atoms with Crippen LogP contribution in [0.3, 0.4) is 0 Å². The molecule has 2 aromatic carbocycles. The van der Waals surface area contributed by atoms with Crippen molar-refractivity contribution in [3.8, 4) is 5.75 Å². The molecule has 0 radical (unpaired) electrons. The number of hydrogen-bond donors (Lipinski definition) is 0. The van der Waals surface area contributed by atoms with E-state index in [0.717, 1.165) is 11.1 Å². The Hall–Kier alpha value is -1.80. The molecule has 0 saturated carbocycles. The van der Waals surface area contributed by atoms with Gasteiger partial charge in [-0.05, 0) is 36.6 Å². The minimum absolute atomic E-state index is 0.0263. The van der Waals surface area contributed by atoms with Crippen LogP contribution in [-0.2, 0) is 13.0 Å². The van der Waals surface area contributed by atoms with Crippen LogP contribution >= 0.6 is 11.6 Å². The summed E-state index contributed by atoms with van der Waals surface area (Å²) in [5.74, 6) is 0.649. The predicted molar refractivity (Wildman–Crippen MR) is 81.6 cm³/mol. The van der Waals surface area contributed by atoms with Crippen LogP contribution in [-0.4, -0.2) is 5.78 Å². The fourth-order valence-corrected chi connectivity index (χ4v) is 2.47. The molecule has 0 N–H and O–H groups in total. The maximum Gasteiger partial charge on any atom is 0.160 e. The summed E-state index contributed by atoms with van der Waals surface area (Å²) in [5, 5.41) is 0.538. The summed E-state index contributed by atoms with van der Waals surface area (Å²) >= 11 is 6.35. The molecule has 0 saturated heterocycles. The van der Waals surface area contributed by atoms with Crippen molar-refractivity contribution in [2.24, 2.45) is 0 Å². The van der Waals surface area contributed by atoms with E-state index in [9.17, 15) is 4.79 Å². The molecule has 2 nitrogen and oxygen atoms in total. The molecule has 0 aliphatic heterocycles. The smallest absolute Gasteiger partial charge is 0.160 e. The Morgan fingerprint density at radius 1 is 1.15 bits per heavy atom. The van der Waals surface area contributed by atoms with Gasteiger partial charge in [-0.2, -0.15) is 0 Å². The molecule has 2 aromatic rings. The fraction of sp³-hybridized carbons (Fsp3) is 0.235. The second kappa shape index (κ2) is 6.58. The third kappa shape index (κ3) is 3.20. The summed E-state index contributed by atoms with van der Waals surface area (Å²) in [6.45, 7) is 3.99. The number of ketones is 1. The third-order valence-corrected chi connectivity index (χ3v) is 3.59. The molecule has 0 atom stereocenters. The molecule has 20 heavy (non-hydrogen) atoms. The first kappa shape index (κ1) is 14.6. The van der Waals surface area contributed by atoms with E-state index in [4.69, 9.17) is 16.3 Å². The fourth-order valence-electron chi connectivity index (χ4n) is 2.12. The molecule has 104 valence electrons. The van der Waals surface area contributed by atoms with Crippen molar-refractivity contribution < 1.29 is 9.53 Å². The van der Waals surface area contributed by atoms with Crippen LogP contribution in [0.1, 0.15) is 35.3 Å². The van der Waals surface area contributed by atoms with Gasteiger partial charge in [-0.3, -0.25) is 4.79 Å². The first-order valence-electron chi connectivity index (χ1n) is 6.62. The summed E-state index contributed by atoms with van der Waals surface area (Å²) in [6, 6.07) is 13.5. The lowest BCUT2D eigenvalue weighted by Crippen LogP contribution is -2.02. The van der Waals surface area contributed by atoms with Gasteiger partial charge in [0.2, 0.25) is 0 Å². The highest BCUT2D eigenvalue weighted by molar-refractivity contribution is 6.33. The zero-order valence-electron chi connectivity index (χ0n) is 11.7. The lowest BCUT2D eigenvalue weighted by atomic mass is 10.0. The molecular weight excluding hydrogens is 272 g/mol. The second-order valence-electron chi connectivity index (χ2n) is 4.59. The van der Waals surface area contributed by atoms with Crippen molar-refractivity contribution in [1.29, 1.82) is 0 Å². The molecule has 0 aliphatic rings. The zero-order chi connectivity index (χ0) is 14.5. The predicted octanol–water partition coefficient (Wildman–Crippen LogP) is 4.68. The van der Waals surface area contributed by atoms with Gasteiger partial charge in [-0.25, -0.2) is 0 Å². The van der Waals surface area contributed by atoms with Crippen LogP contribution < -0.4 is 4.74 Å². The molecule has 0 fully saturated rings. The molecular formula is C17H17ClO2. The van der Waals surface area contributed by atoms with Gasteiger partial charge in [0.05, 0.1) is 5.02 Å². The lowest BCUT2D eigenvalue weighted by molar-refractivity contribution is 0.101. The Morgan fingerprint density at radius 3 is 2.45 bits per heavy atom. The van der Waals surface area contributed by atoms with Gasteiger partial charge >= 0.3 is 0 Å². The summed E-state index contributed by atoms with van der Waals surface area (Å²) < 4.78 is 5.76. The average Bonchev–Trinajstić information content (AvgIpc) is 2.46. The van der Waals surface area contributed by atoms with Gasteiger partial charge in [0, 0.05) is 5.56 Å². The number of carbonyl (C=O) groups is 1. The first-order valence-corrected chi connectivity index (χ1v) is 7.00. The number of halogens is 1. The van der Waals surface area contributed by atoms with Crippen LogP contribution in [0.4, 0.5) is 0 Å². The van der Waals surface area contributed by atoms with Crippen molar-refractivity contribution >= 4 is 17.4 Å². The van der Waals surface area contributed by atoms with Crippen molar-refractivity contribution in [3.63, 3.8) is 0 Å². The summed E-state index contributed by atoms with van der Waals surface area (Å²) in [4.78, 5) is 11.6. The molecule has 0 unspecified atom stereocenters. The minimum Gasteiger partial charge on any atom is -0.487 e. The number of rotatable bonds is 5. The average molecular weight is 289 g/mol. The Morgan fingerprint density at radius 2 is 1.85 bits per heavy atom. The van der Waals surface area contributed by atoms with E-state index in [1.165, 1.54) is 0 Å². The number of benzene rings is 2. The van der Waals surface area contributed by atoms with Crippen molar-refractivity contribution in [1.82, 2.24) is 0 Å². The van der Waals surface area contributed by atoms with E-state index >= 15 is 0 Å². The quantitative estimate of drug-likeness (QED) is 0.747. The number of hydrogen-bond acceptors (Lipinski definition) is 2. The van der Waals surface area contributed by atoms with Crippen molar-refractivity contribution in [2.45, 2.75) is 26.9 Å². The molecule has 0 aromatic heterocycles. The molecule has 0 spiro atoms. The SMILES string of the molecule is CCc1c(C(C)=O)ccc(OCc2ccccc2)c1Cl. The van der Waals surface area contributed by atoms with Gasteiger partial charge in [0.1, 0.15) is 12.4 Å². The Bertz CT molecular complexity index is 606. The van der Waals surface area contributed by atoms with Crippen LogP contribution in [0.25, 0.3) is 0 Å². The minimum atomic E-state index is 0.0263. The number of Topliss-reactive ketones (excluding diaryl/α,β-unsaturated/α-hetero) is 1. The molecule has 2 rings (SSSR count). The highest BCUT2D eigenvalue weighted by Gasteiger charge is 2.14. The molecule has 3 heteroatoms. The maximum absolute atomic E-state index is 11.6. The van der Waals surface area contributed by atoms with E-state index in [1.807, 2.05) is 37.3 Å². The van der Waals surface area contributed by atoms with E-state index in [0.29, 0.717) is 29.4 Å². The van der Waals surface area contributed by atoms with Gasteiger partial charge < -0.3 is 4.74 Å². The second-order valence-corrected chi connectivity index (χ2v) is 4.97. The molecule has 0 amide bonds. The summed E-state index contributed by atoms with van der Waals surface area (Å²) in [7, 11) is 0. The van der Waals surface area contributed by atoms with Crippen LogP contribution in [0, 0.1) is 0 Å². The van der Waals surface area contributed by atoms with Crippen LogP contribution in [0.5, 0.6) is 5.75 Å². The topological polar surface area (TPSA) is 26.3 Å². The highest BCUT2D eigenvalue weighted by Crippen LogP contribution is 2.32. The Kier molecular flexibility index (Phi) is 4.80. The van der Waals surface area contributed by atoms with Gasteiger partial charge in [0.25, 0.3) is 0 Å². The standard InChI is InChI=1S/C17H17ClO2/c1-3-14-15(12(2)19)9-10-16(17(14)18)20-11-13-7-5-4-6-8-13/h4-10H,3,11H2,1-2H3. The van der Waals surface area contributed by atoms with Crippen molar-refractivity contribution in [2.75, 3.05) is 0 Å². The highest BCUT2D eigenvalue weighted by atomic mass is 35.5.